The lowest BCUT2D eigenvalue weighted by Gasteiger charge is -2.18. The molecule has 0 spiro atoms. The van der Waals surface area contributed by atoms with Crippen molar-refractivity contribution in [2.45, 2.75) is 59.0 Å². The highest BCUT2D eigenvalue weighted by atomic mass is 16.5. The van der Waals surface area contributed by atoms with Crippen LogP contribution in [0.2, 0.25) is 0 Å². The summed E-state index contributed by atoms with van der Waals surface area (Å²) in [5.41, 5.74) is 2.71. The summed E-state index contributed by atoms with van der Waals surface area (Å²) in [7, 11) is 1.48. The van der Waals surface area contributed by atoms with Gasteiger partial charge in [-0.25, -0.2) is 14.6 Å². The average Bonchev–Trinajstić information content (AvgIpc) is 3.38. The van der Waals surface area contributed by atoms with E-state index in [-0.39, 0.29) is 36.3 Å². The van der Waals surface area contributed by atoms with E-state index < -0.39 is 30.0 Å². The number of aromatic nitrogens is 1. The molecule has 2 aromatic carbocycles. The Hall–Kier alpha value is -4.87. The Labute approximate surface area is 244 Å². The molecule has 2 unspecified atom stereocenters. The largest absolute Gasteiger partial charge is 0.495 e. The smallest absolute Gasteiger partial charge is 0.326 e. The number of nitrogens with one attached hydrogen (secondary N) is 4. The molecule has 0 saturated carbocycles. The molecule has 12 nitrogen and oxygen atoms in total. The maximum absolute atomic E-state index is 13.0. The van der Waals surface area contributed by atoms with E-state index in [1.54, 1.807) is 24.3 Å². The number of hydrogen-bond acceptors (Lipinski definition) is 7. The molecule has 0 bridgehead atoms. The van der Waals surface area contributed by atoms with Gasteiger partial charge in [-0.2, -0.15) is 0 Å². The zero-order chi connectivity index (χ0) is 30.8. The molecule has 4 amide bonds. The number of urea groups is 1. The van der Waals surface area contributed by atoms with Crippen LogP contribution in [-0.2, 0) is 27.2 Å². The predicted molar refractivity (Wildman–Crippen MR) is 156 cm³/mol. The first-order chi connectivity index (χ1) is 19.9. The summed E-state index contributed by atoms with van der Waals surface area (Å²) in [5, 5.41) is 20.3. The number of amides is 4. The first kappa shape index (κ1) is 31.7. The molecule has 1 heterocycles. The number of rotatable bonds is 13. The molecule has 224 valence electrons. The quantitative estimate of drug-likeness (QED) is 0.200. The van der Waals surface area contributed by atoms with Crippen LogP contribution in [0.5, 0.6) is 5.75 Å². The fraction of sp³-hybridized carbons (Fsp3) is 0.367. The van der Waals surface area contributed by atoms with Crippen molar-refractivity contribution in [3.05, 3.63) is 71.4 Å². The van der Waals surface area contributed by atoms with E-state index in [2.05, 4.69) is 26.3 Å². The van der Waals surface area contributed by atoms with Gasteiger partial charge in [0.2, 0.25) is 17.7 Å². The highest BCUT2D eigenvalue weighted by Gasteiger charge is 2.25. The number of aryl methyl sites for hydroxylation is 1. The molecule has 0 aliphatic heterocycles. The normalized spacial score (nSPS) is 12.2. The molecule has 0 aliphatic carbocycles. The number of carbonyl (C=O) groups excluding carboxylic acids is 3. The first-order valence-corrected chi connectivity index (χ1v) is 13.5. The lowest BCUT2D eigenvalue weighted by Crippen LogP contribution is -2.41. The van der Waals surface area contributed by atoms with Crippen LogP contribution < -0.4 is 26.0 Å². The number of ether oxygens (including phenoxy) is 1. The van der Waals surface area contributed by atoms with Gasteiger partial charge in [0, 0.05) is 19.0 Å². The summed E-state index contributed by atoms with van der Waals surface area (Å²) in [6.07, 6.45) is 1.87. The zero-order valence-electron chi connectivity index (χ0n) is 24.3. The van der Waals surface area contributed by atoms with Crippen LogP contribution >= 0.6 is 0 Å². The Balaban J connectivity index is 1.67. The number of nitrogens with zero attached hydrogens (tertiary/aromatic N) is 1. The number of oxazole rings is 1. The van der Waals surface area contributed by atoms with Crippen LogP contribution in [0.25, 0.3) is 0 Å². The van der Waals surface area contributed by atoms with Gasteiger partial charge in [-0.3, -0.25) is 9.59 Å². The number of carbonyl (C=O) groups is 4. The van der Waals surface area contributed by atoms with Crippen molar-refractivity contribution in [2.75, 3.05) is 17.7 Å². The van der Waals surface area contributed by atoms with Gasteiger partial charge in [0.15, 0.2) is 0 Å². The maximum Gasteiger partial charge on any atom is 0.326 e. The van der Waals surface area contributed by atoms with Gasteiger partial charge in [-0.1, -0.05) is 38.1 Å². The van der Waals surface area contributed by atoms with Gasteiger partial charge in [-0.15, -0.1) is 0 Å². The first-order valence-electron chi connectivity index (χ1n) is 13.5. The summed E-state index contributed by atoms with van der Waals surface area (Å²) in [6, 6.07) is 10.3. The second-order valence-electron chi connectivity index (χ2n) is 10.3. The molecule has 1 aromatic heterocycles. The molecule has 0 saturated heterocycles. The highest BCUT2D eigenvalue weighted by Crippen LogP contribution is 2.27. The molecule has 42 heavy (non-hydrogen) atoms. The van der Waals surface area contributed by atoms with Gasteiger partial charge < -0.3 is 35.5 Å². The number of carboxylic acids is 1. The summed E-state index contributed by atoms with van der Waals surface area (Å²) in [5.74, 6) is -0.861. The molecule has 0 fully saturated rings. The Bertz CT molecular complexity index is 1420. The van der Waals surface area contributed by atoms with Crippen molar-refractivity contribution in [1.29, 1.82) is 0 Å². The lowest BCUT2D eigenvalue weighted by atomic mass is 10.0. The fourth-order valence-corrected chi connectivity index (χ4v) is 4.29. The minimum Gasteiger partial charge on any atom is -0.495 e. The third-order valence-electron chi connectivity index (χ3n) is 6.26. The molecule has 2 atom stereocenters. The van der Waals surface area contributed by atoms with Gasteiger partial charge in [-0.05, 0) is 48.6 Å². The van der Waals surface area contributed by atoms with E-state index in [0.29, 0.717) is 29.1 Å². The number of hydrogen-bond donors (Lipinski definition) is 5. The highest BCUT2D eigenvalue weighted by molar-refractivity contribution is 6.01. The molecular formula is C30H37N5O7. The number of carboxylic acid groups (broad SMARTS) is 1. The van der Waals surface area contributed by atoms with Crippen LogP contribution in [0, 0.1) is 12.8 Å². The van der Waals surface area contributed by atoms with Crippen molar-refractivity contribution in [2.24, 2.45) is 5.92 Å². The molecule has 12 heteroatoms. The van der Waals surface area contributed by atoms with Crippen LogP contribution in [0.15, 0.2) is 53.1 Å². The summed E-state index contributed by atoms with van der Waals surface area (Å²) in [6.45, 7) is 7.11. The summed E-state index contributed by atoms with van der Waals surface area (Å²) >= 11 is 0. The summed E-state index contributed by atoms with van der Waals surface area (Å²) in [4.78, 5) is 52.7. The molecule has 3 rings (SSSR count). The van der Waals surface area contributed by atoms with Crippen molar-refractivity contribution in [3.8, 4) is 5.75 Å². The van der Waals surface area contributed by atoms with Crippen molar-refractivity contribution in [3.63, 3.8) is 0 Å². The topological polar surface area (TPSA) is 172 Å². The number of para-hydroxylation sites is 1. The van der Waals surface area contributed by atoms with Crippen LogP contribution in [0.4, 0.5) is 16.2 Å². The molecule has 5 N–H and O–H groups in total. The van der Waals surface area contributed by atoms with Crippen molar-refractivity contribution >= 4 is 35.2 Å². The van der Waals surface area contributed by atoms with Crippen molar-refractivity contribution < 1.29 is 33.4 Å². The number of aliphatic carboxylic acids is 1. The third-order valence-corrected chi connectivity index (χ3v) is 6.26. The number of anilines is 2. The van der Waals surface area contributed by atoms with Crippen molar-refractivity contribution in [1.82, 2.24) is 15.6 Å². The van der Waals surface area contributed by atoms with E-state index in [0.717, 1.165) is 5.56 Å². The van der Waals surface area contributed by atoms with E-state index in [9.17, 15) is 24.3 Å². The average molecular weight is 580 g/mol. The second-order valence-corrected chi connectivity index (χ2v) is 10.3. The monoisotopic (exact) mass is 579 g/mol. The van der Waals surface area contributed by atoms with E-state index in [1.165, 1.54) is 20.2 Å². The zero-order valence-corrected chi connectivity index (χ0v) is 24.3. The van der Waals surface area contributed by atoms with Crippen LogP contribution in [0.1, 0.15) is 56.0 Å². The second kappa shape index (κ2) is 14.7. The van der Waals surface area contributed by atoms with Crippen LogP contribution in [-0.4, -0.2) is 47.1 Å². The Morgan fingerprint density at radius 2 is 1.74 bits per heavy atom. The number of benzene rings is 2. The third kappa shape index (κ3) is 9.36. The Morgan fingerprint density at radius 1 is 1.02 bits per heavy atom. The van der Waals surface area contributed by atoms with Crippen LogP contribution in [0.3, 0.4) is 0 Å². The lowest BCUT2D eigenvalue weighted by molar-refractivity contribution is -0.141. The van der Waals surface area contributed by atoms with E-state index in [1.807, 2.05) is 39.0 Å². The molecule has 0 aliphatic rings. The SMILES string of the molecule is COc1cc(CC(=O)NC(CC(C)C)c2ncc(CC(NC(C)=O)C(=O)O)o2)ccc1NC(=O)Nc1ccccc1C. The Morgan fingerprint density at radius 3 is 2.38 bits per heavy atom. The minimum atomic E-state index is -1.20. The standard InChI is InChI=1S/C30H37N5O7/c1-17(2)12-24(28-31-16-21(42-28)15-25(29(38)39)32-19(4)36)33-27(37)14-20-10-11-23(26(13-20)41-5)35-30(40)34-22-9-7-6-8-18(22)3/h6-11,13,16-17,24-25H,12,14-15H2,1-5H3,(H,32,36)(H,33,37)(H,38,39)(H2,34,35,40). The Kier molecular flexibility index (Phi) is 11.1. The van der Waals surface area contributed by atoms with E-state index in [4.69, 9.17) is 9.15 Å². The summed E-state index contributed by atoms with van der Waals surface area (Å²) < 4.78 is 11.2. The van der Waals surface area contributed by atoms with Gasteiger partial charge in [0.05, 0.1) is 25.4 Å². The maximum atomic E-state index is 13.0. The van der Waals surface area contributed by atoms with Gasteiger partial charge in [0.1, 0.15) is 23.6 Å². The van der Waals surface area contributed by atoms with Gasteiger partial charge in [0.25, 0.3) is 0 Å². The number of methoxy groups -OCH3 is 1. The molecular weight excluding hydrogens is 542 g/mol. The predicted octanol–water partition coefficient (Wildman–Crippen LogP) is 4.21. The minimum absolute atomic E-state index is 0.0256. The fourth-order valence-electron chi connectivity index (χ4n) is 4.29. The molecule has 3 aromatic rings. The van der Waals surface area contributed by atoms with Gasteiger partial charge >= 0.3 is 12.0 Å². The molecule has 0 radical (unpaired) electrons. The van der Waals surface area contributed by atoms with E-state index >= 15 is 0 Å².